The van der Waals surface area contributed by atoms with Gasteiger partial charge in [0.05, 0.1) is 6.20 Å². The maximum absolute atomic E-state index is 5.64. The summed E-state index contributed by atoms with van der Waals surface area (Å²) < 4.78 is -1.64. The molecule has 0 fully saturated rings. The van der Waals surface area contributed by atoms with Crippen LogP contribution in [0.1, 0.15) is 11.4 Å². The highest BCUT2D eigenvalue weighted by Crippen LogP contribution is 2.35. The molecule has 0 spiro atoms. The molecule has 1 aromatic carbocycles. The van der Waals surface area contributed by atoms with Crippen LogP contribution in [0.3, 0.4) is 0 Å². The summed E-state index contributed by atoms with van der Waals surface area (Å²) in [7, 11) is 0. The quantitative estimate of drug-likeness (QED) is 0.752. The van der Waals surface area contributed by atoms with Gasteiger partial charge in [-0.25, -0.2) is 4.98 Å². The summed E-state index contributed by atoms with van der Waals surface area (Å²) in [6.07, 6.45) is 1.54. The molecule has 2 rings (SSSR count). The second kappa shape index (κ2) is 4.77. The van der Waals surface area contributed by atoms with Gasteiger partial charge in [0.2, 0.25) is 5.82 Å². The molecule has 0 aliphatic carbocycles. The van der Waals surface area contributed by atoms with Gasteiger partial charge in [-0.3, -0.25) is 0 Å². The molecule has 0 aliphatic heterocycles. The van der Waals surface area contributed by atoms with E-state index in [1.807, 2.05) is 31.2 Å². The molecule has 3 nitrogen and oxygen atoms in total. The van der Waals surface area contributed by atoms with Crippen molar-refractivity contribution in [2.24, 2.45) is 0 Å². The van der Waals surface area contributed by atoms with Crippen molar-refractivity contribution >= 4 is 34.8 Å². The molecule has 0 bridgehead atoms. The lowest BCUT2D eigenvalue weighted by atomic mass is 10.1. The van der Waals surface area contributed by atoms with E-state index in [0.717, 1.165) is 5.56 Å². The van der Waals surface area contributed by atoms with Gasteiger partial charge in [0.1, 0.15) is 5.69 Å². The van der Waals surface area contributed by atoms with Crippen LogP contribution in [-0.4, -0.2) is 15.2 Å². The number of benzene rings is 1. The molecule has 2 aromatic rings. The van der Waals surface area contributed by atoms with Gasteiger partial charge in [-0.15, -0.1) is 10.2 Å². The molecule has 0 radical (unpaired) electrons. The van der Waals surface area contributed by atoms with Gasteiger partial charge < -0.3 is 0 Å². The van der Waals surface area contributed by atoms with E-state index in [4.69, 9.17) is 34.8 Å². The fourth-order valence-electron chi connectivity index (χ4n) is 1.26. The summed E-state index contributed by atoms with van der Waals surface area (Å²) >= 11 is 16.9. The fraction of sp³-hybridized carbons (Fsp3) is 0.182. The molecule has 0 aliphatic rings. The first-order chi connectivity index (χ1) is 7.97. The number of hydrogen-bond donors (Lipinski definition) is 0. The van der Waals surface area contributed by atoms with E-state index >= 15 is 0 Å². The summed E-state index contributed by atoms with van der Waals surface area (Å²) in [4.78, 5) is 3.98. The SMILES string of the molecule is Cc1ccc(-c2cnc(C(Cl)(Cl)Cl)nn2)cc1. The predicted octanol–water partition coefficient (Wildman–Crippen LogP) is 3.67. The molecule has 0 N–H and O–H groups in total. The first kappa shape index (κ1) is 12.6. The number of aromatic nitrogens is 3. The Morgan fingerprint density at radius 3 is 2.12 bits per heavy atom. The summed E-state index contributed by atoms with van der Waals surface area (Å²) in [5.74, 6) is 0.0679. The van der Waals surface area contributed by atoms with Gasteiger partial charge in [-0.2, -0.15) is 0 Å². The first-order valence-corrected chi connectivity index (χ1v) is 5.94. The highest BCUT2D eigenvalue weighted by molar-refractivity contribution is 6.66. The molecule has 0 saturated heterocycles. The van der Waals surface area contributed by atoms with Crippen molar-refractivity contribution in [1.29, 1.82) is 0 Å². The molecule has 0 atom stereocenters. The molecular formula is C11H8Cl3N3. The van der Waals surface area contributed by atoms with Crippen molar-refractivity contribution < 1.29 is 0 Å². The Labute approximate surface area is 114 Å². The number of aryl methyl sites for hydroxylation is 1. The van der Waals surface area contributed by atoms with Crippen molar-refractivity contribution in [3.8, 4) is 11.3 Å². The van der Waals surface area contributed by atoms with E-state index in [9.17, 15) is 0 Å². The standard InChI is InChI=1S/C11H8Cl3N3/c1-7-2-4-8(5-3-7)9-6-15-10(17-16-9)11(12,13)14/h2-6H,1H3. The van der Waals surface area contributed by atoms with E-state index < -0.39 is 3.79 Å². The van der Waals surface area contributed by atoms with Crippen LogP contribution < -0.4 is 0 Å². The zero-order valence-electron chi connectivity index (χ0n) is 8.86. The minimum atomic E-state index is -1.64. The van der Waals surface area contributed by atoms with Crippen molar-refractivity contribution in [3.63, 3.8) is 0 Å². The first-order valence-electron chi connectivity index (χ1n) is 4.81. The minimum absolute atomic E-state index is 0.0679. The van der Waals surface area contributed by atoms with E-state index in [-0.39, 0.29) is 5.82 Å². The Bertz CT molecular complexity index is 503. The van der Waals surface area contributed by atoms with Crippen molar-refractivity contribution in [1.82, 2.24) is 15.2 Å². The lowest BCUT2D eigenvalue weighted by Crippen LogP contribution is -2.08. The second-order valence-corrected chi connectivity index (χ2v) is 5.81. The summed E-state index contributed by atoms with van der Waals surface area (Å²) in [6, 6.07) is 7.85. The molecule has 0 saturated carbocycles. The zero-order valence-corrected chi connectivity index (χ0v) is 11.1. The van der Waals surface area contributed by atoms with Crippen LogP contribution in [0.5, 0.6) is 0 Å². The molecule has 1 heterocycles. The third-order valence-corrected chi connectivity index (χ3v) is 2.67. The number of nitrogens with zero attached hydrogens (tertiary/aromatic N) is 3. The van der Waals surface area contributed by atoms with Crippen LogP contribution >= 0.6 is 34.8 Å². The number of rotatable bonds is 1. The molecule has 88 valence electrons. The van der Waals surface area contributed by atoms with Crippen LogP contribution in [0.15, 0.2) is 30.5 Å². The van der Waals surface area contributed by atoms with Crippen molar-refractivity contribution in [3.05, 3.63) is 41.9 Å². The lowest BCUT2D eigenvalue weighted by molar-refractivity contribution is 0.867. The highest BCUT2D eigenvalue weighted by Gasteiger charge is 2.27. The van der Waals surface area contributed by atoms with Crippen LogP contribution in [0.4, 0.5) is 0 Å². The van der Waals surface area contributed by atoms with Gasteiger partial charge in [-0.05, 0) is 6.92 Å². The Kier molecular flexibility index (Phi) is 3.52. The van der Waals surface area contributed by atoms with Crippen molar-refractivity contribution in [2.75, 3.05) is 0 Å². The summed E-state index contributed by atoms with van der Waals surface area (Å²) in [6.45, 7) is 2.01. The Balaban J connectivity index is 2.33. The van der Waals surface area contributed by atoms with Gasteiger partial charge in [0.25, 0.3) is 3.79 Å². The average molecular weight is 289 g/mol. The molecule has 1 aromatic heterocycles. The normalized spacial score (nSPS) is 11.5. The van der Waals surface area contributed by atoms with E-state index in [1.54, 1.807) is 0 Å². The summed E-state index contributed by atoms with van der Waals surface area (Å²) in [5.41, 5.74) is 2.74. The Hall–Kier alpha value is -0.900. The highest BCUT2D eigenvalue weighted by atomic mass is 35.6. The smallest absolute Gasteiger partial charge is 0.233 e. The molecule has 0 amide bonds. The maximum atomic E-state index is 5.64. The van der Waals surface area contributed by atoms with Crippen molar-refractivity contribution in [2.45, 2.75) is 10.7 Å². The summed E-state index contributed by atoms with van der Waals surface area (Å²) in [5, 5.41) is 7.77. The number of alkyl halides is 3. The third kappa shape index (κ3) is 3.06. The topological polar surface area (TPSA) is 38.7 Å². The average Bonchev–Trinajstić information content (AvgIpc) is 2.29. The largest absolute Gasteiger partial charge is 0.251 e. The van der Waals surface area contributed by atoms with Gasteiger partial charge in [-0.1, -0.05) is 64.6 Å². The molecule has 17 heavy (non-hydrogen) atoms. The van der Waals surface area contributed by atoms with Crippen LogP contribution in [0, 0.1) is 6.92 Å². The van der Waals surface area contributed by atoms with Gasteiger partial charge in [0, 0.05) is 5.56 Å². The molecular weight excluding hydrogens is 281 g/mol. The Morgan fingerprint density at radius 1 is 1.00 bits per heavy atom. The maximum Gasteiger partial charge on any atom is 0.251 e. The van der Waals surface area contributed by atoms with E-state index in [0.29, 0.717) is 5.69 Å². The monoisotopic (exact) mass is 287 g/mol. The van der Waals surface area contributed by atoms with Crippen LogP contribution in [-0.2, 0) is 3.79 Å². The number of hydrogen-bond acceptors (Lipinski definition) is 3. The fourth-order valence-corrected chi connectivity index (χ4v) is 1.52. The third-order valence-electron chi connectivity index (χ3n) is 2.16. The molecule has 0 unspecified atom stereocenters. The zero-order chi connectivity index (χ0) is 12.5. The van der Waals surface area contributed by atoms with Crippen LogP contribution in [0.2, 0.25) is 0 Å². The van der Waals surface area contributed by atoms with E-state index in [1.165, 1.54) is 11.8 Å². The van der Waals surface area contributed by atoms with Crippen LogP contribution in [0.25, 0.3) is 11.3 Å². The van der Waals surface area contributed by atoms with Gasteiger partial charge in [0.15, 0.2) is 0 Å². The number of halogens is 3. The second-order valence-electron chi connectivity index (χ2n) is 3.53. The molecule has 6 heteroatoms. The van der Waals surface area contributed by atoms with Gasteiger partial charge >= 0.3 is 0 Å². The predicted molar refractivity (Wildman–Crippen MR) is 69.2 cm³/mol. The van der Waals surface area contributed by atoms with E-state index in [2.05, 4.69) is 15.2 Å². The lowest BCUT2D eigenvalue weighted by Gasteiger charge is -2.08. The Morgan fingerprint density at radius 2 is 1.65 bits per heavy atom. The minimum Gasteiger partial charge on any atom is -0.233 e.